The van der Waals surface area contributed by atoms with Gasteiger partial charge in [0, 0.05) is 0 Å². The summed E-state index contributed by atoms with van der Waals surface area (Å²) in [5.74, 6) is -1.70. The highest BCUT2D eigenvalue weighted by Gasteiger charge is 2.45. The molecule has 1 atom stereocenters. The molecular formula is C26H30F2N4O2. The van der Waals surface area contributed by atoms with E-state index in [0.717, 1.165) is 5.56 Å². The molecule has 0 aliphatic carbocycles. The van der Waals surface area contributed by atoms with Crippen molar-refractivity contribution in [3.63, 3.8) is 0 Å². The predicted octanol–water partition coefficient (Wildman–Crippen LogP) is 5.22. The van der Waals surface area contributed by atoms with Crippen molar-refractivity contribution >= 4 is 11.7 Å². The zero-order chi connectivity index (χ0) is 25.3. The minimum atomic E-state index is -0.786. The maximum atomic E-state index is 14.5. The van der Waals surface area contributed by atoms with Gasteiger partial charge in [-0.2, -0.15) is 5.10 Å². The van der Waals surface area contributed by atoms with Gasteiger partial charge >= 0.3 is 0 Å². The van der Waals surface area contributed by atoms with E-state index in [2.05, 4.69) is 20.5 Å². The Morgan fingerprint density at radius 2 is 1.65 bits per heavy atom. The molecule has 0 aliphatic heterocycles. The summed E-state index contributed by atoms with van der Waals surface area (Å²) in [7, 11) is 0. The monoisotopic (exact) mass is 468 g/mol. The standard InChI is InChI=1S/C26H30F2N4O2/c1-15(2)16-13-19(23-17(27)9-7-10-18(23)28)31-32-24(16)26(6,25(3,4)5)20-11-8-12-21(29-20)30-22(34)14-33/h7-13,15,33H,14H2,1-6H3,(H,29,30,34)/t26-/m0/s1. The summed E-state index contributed by atoms with van der Waals surface area (Å²) < 4.78 is 28.9. The van der Waals surface area contributed by atoms with E-state index in [1.807, 2.05) is 47.6 Å². The molecule has 2 heterocycles. The SMILES string of the molecule is CC(C)c1cc(-c2c(F)cccc2F)nnc1[C@](C)(c1cccc(NC(=O)CO)n1)C(C)(C)C. The fourth-order valence-corrected chi connectivity index (χ4v) is 3.93. The van der Waals surface area contributed by atoms with Crippen molar-refractivity contribution in [1.29, 1.82) is 0 Å². The molecular weight excluding hydrogens is 438 g/mol. The van der Waals surface area contributed by atoms with Gasteiger partial charge in [-0.1, -0.05) is 46.8 Å². The number of pyridine rings is 1. The molecule has 1 aromatic carbocycles. The summed E-state index contributed by atoms with van der Waals surface area (Å²) in [5, 5.41) is 20.4. The average Bonchev–Trinajstić information content (AvgIpc) is 2.77. The fraction of sp³-hybridized carbons (Fsp3) is 0.385. The summed E-state index contributed by atoms with van der Waals surface area (Å²) >= 11 is 0. The van der Waals surface area contributed by atoms with Gasteiger partial charge in [0.15, 0.2) is 0 Å². The topological polar surface area (TPSA) is 88.0 Å². The van der Waals surface area contributed by atoms with Gasteiger partial charge in [-0.15, -0.1) is 5.10 Å². The Hall–Kier alpha value is -3.26. The first-order valence-corrected chi connectivity index (χ1v) is 11.1. The largest absolute Gasteiger partial charge is 0.387 e. The molecule has 0 fully saturated rings. The van der Waals surface area contributed by atoms with E-state index in [1.54, 1.807) is 18.2 Å². The van der Waals surface area contributed by atoms with Gasteiger partial charge in [0.2, 0.25) is 0 Å². The third-order valence-corrected chi connectivity index (χ3v) is 6.31. The Kier molecular flexibility index (Phi) is 7.12. The van der Waals surface area contributed by atoms with Crippen LogP contribution in [0, 0.1) is 17.0 Å². The van der Waals surface area contributed by atoms with Gasteiger partial charge in [0.05, 0.1) is 28.1 Å². The van der Waals surface area contributed by atoms with Crippen molar-refractivity contribution in [3.8, 4) is 11.3 Å². The number of halogens is 2. The lowest BCUT2D eigenvalue weighted by Gasteiger charge is -2.42. The van der Waals surface area contributed by atoms with Crippen molar-refractivity contribution in [2.45, 2.75) is 52.9 Å². The number of carbonyl (C=O) groups is 1. The van der Waals surface area contributed by atoms with Crippen molar-refractivity contribution in [2.24, 2.45) is 5.41 Å². The van der Waals surface area contributed by atoms with Crippen molar-refractivity contribution < 1.29 is 18.7 Å². The first-order chi connectivity index (χ1) is 15.9. The zero-order valence-electron chi connectivity index (χ0n) is 20.3. The number of hydrogen-bond acceptors (Lipinski definition) is 5. The number of nitrogens with one attached hydrogen (secondary N) is 1. The van der Waals surface area contributed by atoms with Crippen LogP contribution in [0.2, 0.25) is 0 Å². The van der Waals surface area contributed by atoms with Crippen molar-refractivity contribution in [1.82, 2.24) is 15.2 Å². The first kappa shape index (κ1) is 25.4. The highest BCUT2D eigenvalue weighted by atomic mass is 19.1. The van der Waals surface area contributed by atoms with Gasteiger partial charge in [-0.3, -0.25) is 4.79 Å². The van der Waals surface area contributed by atoms with E-state index in [1.165, 1.54) is 18.2 Å². The number of anilines is 1. The van der Waals surface area contributed by atoms with Gasteiger partial charge in [-0.05, 0) is 54.2 Å². The number of aliphatic hydroxyl groups is 1. The summed E-state index contributed by atoms with van der Waals surface area (Å²) in [5.41, 5.74) is 0.764. The fourth-order valence-electron chi connectivity index (χ4n) is 3.93. The molecule has 0 saturated heterocycles. The Morgan fingerprint density at radius 1 is 1.03 bits per heavy atom. The van der Waals surface area contributed by atoms with Gasteiger partial charge in [0.25, 0.3) is 5.91 Å². The molecule has 6 nitrogen and oxygen atoms in total. The van der Waals surface area contributed by atoms with Crippen LogP contribution < -0.4 is 5.32 Å². The van der Waals surface area contributed by atoms with Gasteiger partial charge < -0.3 is 10.4 Å². The van der Waals surface area contributed by atoms with Crippen LogP contribution >= 0.6 is 0 Å². The van der Waals surface area contributed by atoms with Crippen LogP contribution in [0.3, 0.4) is 0 Å². The quantitative estimate of drug-likeness (QED) is 0.518. The smallest absolute Gasteiger partial charge is 0.251 e. The summed E-state index contributed by atoms with van der Waals surface area (Å²) in [6.07, 6.45) is 0. The lowest BCUT2D eigenvalue weighted by molar-refractivity contribution is -0.118. The van der Waals surface area contributed by atoms with Crippen molar-refractivity contribution in [2.75, 3.05) is 11.9 Å². The van der Waals surface area contributed by atoms with Crippen LogP contribution in [-0.4, -0.2) is 32.8 Å². The van der Waals surface area contributed by atoms with Crippen LogP contribution in [0.4, 0.5) is 14.6 Å². The number of aromatic nitrogens is 3. The molecule has 2 N–H and O–H groups in total. The number of amides is 1. The van der Waals surface area contributed by atoms with Gasteiger partial charge in [0.1, 0.15) is 24.1 Å². The van der Waals surface area contributed by atoms with E-state index in [-0.39, 0.29) is 17.2 Å². The number of carbonyl (C=O) groups excluding carboxylic acids is 1. The highest BCUT2D eigenvalue weighted by molar-refractivity contribution is 5.90. The van der Waals surface area contributed by atoms with E-state index in [9.17, 15) is 13.6 Å². The average molecular weight is 469 g/mol. The molecule has 0 spiro atoms. The number of aliphatic hydroxyl groups excluding tert-OH is 1. The second kappa shape index (κ2) is 9.54. The summed E-state index contributed by atoms with van der Waals surface area (Å²) in [6, 6.07) is 10.6. The normalized spacial score (nSPS) is 13.6. The Bertz CT molecular complexity index is 1190. The van der Waals surface area contributed by atoms with Gasteiger partial charge in [-0.25, -0.2) is 13.8 Å². The Morgan fingerprint density at radius 3 is 2.21 bits per heavy atom. The number of nitrogens with zero attached hydrogens (tertiary/aromatic N) is 3. The third kappa shape index (κ3) is 4.68. The molecule has 3 rings (SSSR count). The summed E-state index contributed by atoms with van der Waals surface area (Å²) in [6.45, 7) is 11.4. The lowest BCUT2D eigenvalue weighted by Crippen LogP contribution is -2.41. The maximum absolute atomic E-state index is 14.5. The highest BCUT2D eigenvalue weighted by Crippen LogP contribution is 2.47. The molecule has 2 aromatic heterocycles. The molecule has 180 valence electrons. The third-order valence-electron chi connectivity index (χ3n) is 6.31. The van der Waals surface area contributed by atoms with E-state index >= 15 is 0 Å². The Balaban J connectivity index is 2.25. The molecule has 1 amide bonds. The number of rotatable bonds is 6. The zero-order valence-corrected chi connectivity index (χ0v) is 20.3. The molecule has 0 aliphatic rings. The lowest BCUT2D eigenvalue weighted by atomic mass is 9.62. The first-order valence-electron chi connectivity index (χ1n) is 11.1. The molecule has 0 unspecified atom stereocenters. The molecule has 0 saturated carbocycles. The molecule has 8 heteroatoms. The number of hydrogen-bond donors (Lipinski definition) is 2. The van der Waals surface area contributed by atoms with Crippen LogP contribution in [0.15, 0.2) is 42.5 Å². The molecule has 34 heavy (non-hydrogen) atoms. The second-order valence-corrected chi connectivity index (χ2v) is 9.77. The van der Waals surface area contributed by atoms with Crippen molar-refractivity contribution in [3.05, 3.63) is 71.1 Å². The molecule has 0 radical (unpaired) electrons. The van der Waals surface area contributed by atoms with E-state index < -0.39 is 35.0 Å². The van der Waals surface area contributed by atoms with Crippen LogP contribution in [-0.2, 0) is 10.2 Å². The molecule has 0 bridgehead atoms. The number of benzene rings is 1. The van der Waals surface area contributed by atoms with Crippen LogP contribution in [0.5, 0.6) is 0 Å². The van der Waals surface area contributed by atoms with E-state index in [0.29, 0.717) is 17.2 Å². The summed E-state index contributed by atoms with van der Waals surface area (Å²) in [4.78, 5) is 16.3. The van der Waals surface area contributed by atoms with Crippen LogP contribution in [0.1, 0.15) is 64.4 Å². The second-order valence-electron chi connectivity index (χ2n) is 9.77. The predicted molar refractivity (Wildman–Crippen MR) is 127 cm³/mol. The molecule has 3 aromatic rings. The minimum absolute atomic E-state index is 0.0296. The maximum Gasteiger partial charge on any atom is 0.251 e. The van der Waals surface area contributed by atoms with E-state index in [4.69, 9.17) is 5.11 Å². The van der Waals surface area contributed by atoms with Crippen LogP contribution in [0.25, 0.3) is 11.3 Å². The Labute approximate surface area is 198 Å². The minimum Gasteiger partial charge on any atom is -0.387 e.